The zero-order valence-corrected chi connectivity index (χ0v) is 12.8. The first-order valence-electron chi connectivity index (χ1n) is 6.16. The molecule has 104 valence electrons. The number of aromatic nitrogens is 1. The Kier molecular flexibility index (Phi) is 5.04. The van der Waals surface area contributed by atoms with E-state index in [0.717, 1.165) is 10.5 Å². The lowest BCUT2D eigenvalue weighted by molar-refractivity contribution is 0.0940. The van der Waals surface area contributed by atoms with Gasteiger partial charge < -0.3 is 5.32 Å². The molecule has 2 aromatic rings. The summed E-state index contributed by atoms with van der Waals surface area (Å²) in [5, 5.41) is 3.40. The third-order valence-corrected chi connectivity index (χ3v) is 4.03. The van der Waals surface area contributed by atoms with E-state index in [1.807, 2.05) is 37.4 Å². The molecule has 1 amide bonds. The van der Waals surface area contributed by atoms with Crippen LogP contribution >= 0.6 is 23.4 Å². The summed E-state index contributed by atoms with van der Waals surface area (Å²) in [6.45, 7) is 1.93. The van der Waals surface area contributed by atoms with Crippen molar-refractivity contribution in [2.45, 2.75) is 17.9 Å². The predicted molar refractivity (Wildman–Crippen MR) is 83.4 cm³/mol. The number of nitrogens with one attached hydrogen (secondary N) is 1. The van der Waals surface area contributed by atoms with Gasteiger partial charge in [0.25, 0.3) is 5.91 Å². The third-order valence-electron chi connectivity index (χ3n) is 2.97. The molecular weight excluding hydrogens is 292 g/mol. The van der Waals surface area contributed by atoms with Gasteiger partial charge >= 0.3 is 0 Å². The standard InChI is InChI=1S/C15H15ClN2OS/c1-10(11-5-7-17-8-6-11)18-15(19)13-9-12(20-2)3-4-14(13)16/h3-10H,1-2H3,(H,18,19)/t10-/m0/s1. The second kappa shape index (κ2) is 6.77. The molecule has 20 heavy (non-hydrogen) atoms. The quantitative estimate of drug-likeness (QED) is 0.870. The number of benzene rings is 1. The van der Waals surface area contributed by atoms with Gasteiger partial charge in [0.15, 0.2) is 0 Å². The highest BCUT2D eigenvalue weighted by Gasteiger charge is 2.14. The number of thioether (sulfide) groups is 1. The number of hydrogen-bond donors (Lipinski definition) is 1. The maximum atomic E-state index is 12.3. The molecule has 0 unspecified atom stereocenters. The second-order valence-corrected chi connectivity index (χ2v) is 5.61. The van der Waals surface area contributed by atoms with Crippen LogP contribution in [0.1, 0.15) is 28.9 Å². The Morgan fingerprint density at radius 2 is 2.00 bits per heavy atom. The van der Waals surface area contributed by atoms with Crippen molar-refractivity contribution in [3.63, 3.8) is 0 Å². The lowest BCUT2D eigenvalue weighted by atomic mass is 10.1. The van der Waals surface area contributed by atoms with Crippen molar-refractivity contribution in [2.24, 2.45) is 0 Å². The van der Waals surface area contributed by atoms with E-state index in [4.69, 9.17) is 11.6 Å². The van der Waals surface area contributed by atoms with Crippen LogP contribution < -0.4 is 5.32 Å². The molecule has 0 saturated carbocycles. The zero-order valence-electron chi connectivity index (χ0n) is 11.3. The van der Waals surface area contributed by atoms with Crippen molar-refractivity contribution in [3.05, 3.63) is 58.9 Å². The fourth-order valence-corrected chi connectivity index (χ4v) is 2.46. The van der Waals surface area contributed by atoms with Gasteiger partial charge in [-0.15, -0.1) is 11.8 Å². The summed E-state index contributed by atoms with van der Waals surface area (Å²) in [6.07, 6.45) is 5.38. The van der Waals surface area contributed by atoms with Gasteiger partial charge in [0, 0.05) is 17.3 Å². The van der Waals surface area contributed by atoms with E-state index in [9.17, 15) is 4.79 Å². The van der Waals surface area contributed by atoms with E-state index in [2.05, 4.69) is 10.3 Å². The van der Waals surface area contributed by atoms with Crippen molar-refractivity contribution in [2.75, 3.05) is 6.26 Å². The van der Waals surface area contributed by atoms with Crippen molar-refractivity contribution in [1.29, 1.82) is 0 Å². The van der Waals surface area contributed by atoms with Crippen LogP contribution in [0.3, 0.4) is 0 Å². The minimum absolute atomic E-state index is 0.0977. The van der Waals surface area contributed by atoms with Crippen LogP contribution in [0.5, 0.6) is 0 Å². The van der Waals surface area contributed by atoms with Gasteiger partial charge in [-0.1, -0.05) is 11.6 Å². The number of nitrogens with zero attached hydrogens (tertiary/aromatic N) is 1. The molecule has 0 radical (unpaired) electrons. The molecule has 2 rings (SSSR count). The average molecular weight is 307 g/mol. The molecule has 0 spiro atoms. The summed E-state index contributed by atoms with van der Waals surface area (Å²) >= 11 is 7.67. The fourth-order valence-electron chi connectivity index (χ4n) is 1.82. The Hall–Kier alpha value is -1.52. The summed E-state index contributed by atoms with van der Waals surface area (Å²) in [6, 6.07) is 9.12. The summed E-state index contributed by atoms with van der Waals surface area (Å²) in [5.74, 6) is -0.171. The molecule has 0 saturated heterocycles. The fraction of sp³-hybridized carbons (Fsp3) is 0.200. The summed E-state index contributed by atoms with van der Waals surface area (Å²) in [4.78, 5) is 17.3. The van der Waals surface area contributed by atoms with Crippen LogP contribution in [0, 0.1) is 0 Å². The van der Waals surface area contributed by atoms with Gasteiger partial charge in [-0.25, -0.2) is 0 Å². The number of pyridine rings is 1. The molecule has 0 bridgehead atoms. The first-order valence-corrected chi connectivity index (χ1v) is 7.76. The predicted octanol–water partition coefficient (Wildman–Crippen LogP) is 3.95. The normalized spacial score (nSPS) is 11.9. The van der Waals surface area contributed by atoms with Crippen LogP contribution in [0.2, 0.25) is 5.02 Å². The molecule has 3 nitrogen and oxygen atoms in total. The Morgan fingerprint density at radius 3 is 2.65 bits per heavy atom. The lowest BCUT2D eigenvalue weighted by Gasteiger charge is -2.15. The summed E-state index contributed by atoms with van der Waals surface area (Å²) in [7, 11) is 0. The van der Waals surface area contributed by atoms with Crippen LogP contribution in [-0.4, -0.2) is 17.1 Å². The largest absolute Gasteiger partial charge is 0.345 e. The summed E-state index contributed by atoms with van der Waals surface area (Å²) < 4.78 is 0. The molecule has 1 heterocycles. The van der Waals surface area contributed by atoms with Gasteiger partial charge in [0.2, 0.25) is 0 Å². The van der Waals surface area contributed by atoms with Gasteiger partial charge in [0.1, 0.15) is 0 Å². The first-order chi connectivity index (χ1) is 9.61. The van der Waals surface area contributed by atoms with Gasteiger partial charge in [0.05, 0.1) is 16.6 Å². The van der Waals surface area contributed by atoms with E-state index < -0.39 is 0 Å². The van der Waals surface area contributed by atoms with Crippen molar-refractivity contribution < 1.29 is 4.79 Å². The Balaban J connectivity index is 2.16. The highest BCUT2D eigenvalue weighted by Crippen LogP contribution is 2.23. The molecule has 0 aliphatic heterocycles. The van der Waals surface area contributed by atoms with E-state index in [-0.39, 0.29) is 11.9 Å². The van der Waals surface area contributed by atoms with Crippen LogP contribution in [0.4, 0.5) is 0 Å². The monoisotopic (exact) mass is 306 g/mol. The van der Waals surface area contributed by atoms with Gasteiger partial charge in [-0.05, 0) is 49.1 Å². The zero-order chi connectivity index (χ0) is 14.5. The number of carbonyl (C=O) groups is 1. The number of halogens is 1. The molecular formula is C15H15ClN2OS. The maximum absolute atomic E-state index is 12.3. The molecule has 0 aliphatic rings. The van der Waals surface area contributed by atoms with Crippen molar-refractivity contribution in [3.8, 4) is 0 Å². The highest BCUT2D eigenvalue weighted by molar-refractivity contribution is 7.98. The van der Waals surface area contributed by atoms with E-state index in [1.165, 1.54) is 0 Å². The van der Waals surface area contributed by atoms with E-state index >= 15 is 0 Å². The second-order valence-electron chi connectivity index (χ2n) is 4.32. The smallest absolute Gasteiger partial charge is 0.253 e. The number of rotatable bonds is 4. The van der Waals surface area contributed by atoms with E-state index in [1.54, 1.807) is 30.2 Å². The molecule has 1 aromatic heterocycles. The Morgan fingerprint density at radius 1 is 1.30 bits per heavy atom. The maximum Gasteiger partial charge on any atom is 0.253 e. The molecule has 5 heteroatoms. The van der Waals surface area contributed by atoms with Crippen molar-refractivity contribution >= 4 is 29.3 Å². The molecule has 1 aromatic carbocycles. The number of hydrogen-bond acceptors (Lipinski definition) is 3. The Labute approximate surface area is 127 Å². The van der Waals surface area contributed by atoms with Crippen LogP contribution in [0.25, 0.3) is 0 Å². The minimum Gasteiger partial charge on any atom is -0.345 e. The summed E-state index contributed by atoms with van der Waals surface area (Å²) in [5.41, 5.74) is 1.50. The van der Waals surface area contributed by atoms with Gasteiger partial charge in [-0.3, -0.25) is 9.78 Å². The average Bonchev–Trinajstić information content (AvgIpc) is 2.48. The lowest BCUT2D eigenvalue weighted by Crippen LogP contribution is -2.26. The Bertz CT molecular complexity index is 604. The molecule has 0 fully saturated rings. The van der Waals surface area contributed by atoms with Crippen LogP contribution in [0.15, 0.2) is 47.6 Å². The first kappa shape index (κ1) is 14.9. The minimum atomic E-state index is -0.171. The number of amides is 1. The third kappa shape index (κ3) is 3.52. The van der Waals surface area contributed by atoms with Crippen LogP contribution in [-0.2, 0) is 0 Å². The molecule has 1 N–H and O–H groups in total. The molecule has 1 atom stereocenters. The SMILES string of the molecule is CSc1ccc(Cl)c(C(=O)N[C@@H](C)c2ccncc2)c1. The number of carbonyl (C=O) groups excluding carboxylic acids is 1. The highest BCUT2D eigenvalue weighted by atomic mass is 35.5. The molecule has 0 aliphatic carbocycles. The topological polar surface area (TPSA) is 42.0 Å². The van der Waals surface area contributed by atoms with Crippen molar-refractivity contribution in [1.82, 2.24) is 10.3 Å². The van der Waals surface area contributed by atoms with Gasteiger partial charge in [-0.2, -0.15) is 0 Å². The van der Waals surface area contributed by atoms with E-state index in [0.29, 0.717) is 10.6 Å².